The molecule has 0 aromatic carbocycles. The average Bonchev–Trinajstić information content (AvgIpc) is 2.61. The predicted octanol–water partition coefficient (Wildman–Crippen LogP) is -0.639. The maximum absolute atomic E-state index is 13.3. The van der Waals surface area contributed by atoms with Gasteiger partial charge >= 0.3 is 7.60 Å². The van der Waals surface area contributed by atoms with Crippen molar-refractivity contribution in [3.8, 4) is 0 Å². The number of carbonyl (C=O) groups is 2. The molecule has 0 unspecified atom stereocenters. The van der Waals surface area contributed by atoms with Gasteiger partial charge in [-0.25, -0.2) is 0 Å². The topological polar surface area (TPSA) is 206 Å². The van der Waals surface area contributed by atoms with E-state index in [1.807, 2.05) is 13.8 Å². The summed E-state index contributed by atoms with van der Waals surface area (Å²) in [7, 11) is -3.10. The summed E-state index contributed by atoms with van der Waals surface area (Å²) in [6.45, 7) is 5.68. The SMILES string of the molecule is CC[C@H](N[C@@H](CC(C)C)C(=O)[C@@](N)(CCCCN=C(N)N)C(=O)NC)P(=O)(O)O. The molecule has 3 atom stereocenters. The number of rotatable bonds is 14. The second-order valence-corrected chi connectivity index (χ2v) is 9.34. The quantitative estimate of drug-likeness (QED) is 0.0606. The van der Waals surface area contributed by atoms with E-state index in [4.69, 9.17) is 17.2 Å². The first-order chi connectivity index (χ1) is 13.3. The Morgan fingerprint density at radius 2 is 1.79 bits per heavy atom. The van der Waals surface area contributed by atoms with Crippen molar-refractivity contribution in [1.82, 2.24) is 10.6 Å². The van der Waals surface area contributed by atoms with Crippen LogP contribution >= 0.6 is 7.60 Å². The highest BCUT2D eigenvalue weighted by molar-refractivity contribution is 7.52. The number of amides is 1. The fourth-order valence-electron chi connectivity index (χ4n) is 3.01. The Labute approximate surface area is 172 Å². The molecule has 12 heteroatoms. The van der Waals surface area contributed by atoms with Crippen LogP contribution in [0.3, 0.4) is 0 Å². The molecule has 0 heterocycles. The van der Waals surface area contributed by atoms with E-state index in [0.717, 1.165) is 0 Å². The summed E-state index contributed by atoms with van der Waals surface area (Å²) in [6, 6.07) is -0.979. The van der Waals surface area contributed by atoms with Gasteiger partial charge in [-0.2, -0.15) is 0 Å². The van der Waals surface area contributed by atoms with Crippen molar-refractivity contribution in [2.75, 3.05) is 13.6 Å². The Morgan fingerprint density at radius 1 is 1.21 bits per heavy atom. The molecule has 0 rings (SSSR count). The standard InChI is InChI=1S/C17H37N6O5P/c1-5-13(29(26,27)28)23-12(10-11(2)3)14(24)17(20,15(25)21-4)8-6-7-9-22-16(18)19/h11-13,23H,5-10,20H2,1-4H3,(H,21,25)(H4,18,19,22)(H2,26,27,28)/t12-,13+,17-/m0/s1. The molecule has 0 radical (unpaired) electrons. The van der Waals surface area contributed by atoms with E-state index in [1.54, 1.807) is 6.92 Å². The molecule has 0 bridgehead atoms. The van der Waals surface area contributed by atoms with Crippen LogP contribution in [0.15, 0.2) is 4.99 Å². The maximum atomic E-state index is 13.3. The van der Waals surface area contributed by atoms with Crippen molar-refractivity contribution in [3.63, 3.8) is 0 Å². The van der Waals surface area contributed by atoms with Crippen LogP contribution in [0.5, 0.6) is 0 Å². The molecule has 0 aliphatic carbocycles. The molecular weight excluding hydrogens is 399 g/mol. The number of likely N-dealkylation sites (N-methyl/N-ethyl adjacent to an activating group) is 1. The van der Waals surface area contributed by atoms with E-state index in [0.29, 0.717) is 19.4 Å². The Kier molecular flexibility index (Phi) is 11.6. The summed E-state index contributed by atoms with van der Waals surface area (Å²) in [5.74, 6) is -2.47. The van der Waals surface area contributed by atoms with Gasteiger partial charge in [0.2, 0.25) is 5.91 Å². The minimum atomic E-state index is -4.48. The van der Waals surface area contributed by atoms with E-state index in [-0.39, 0.29) is 31.1 Å². The first-order valence-electron chi connectivity index (χ1n) is 9.71. The number of unbranched alkanes of at least 4 members (excludes halogenated alkanes) is 1. The molecular formula is C17H37N6O5P. The summed E-state index contributed by atoms with van der Waals surface area (Å²) in [6.07, 6.45) is 1.37. The number of hydrogen-bond acceptors (Lipinski definition) is 6. The Balaban J connectivity index is 5.60. The van der Waals surface area contributed by atoms with E-state index in [2.05, 4.69) is 15.6 Å². The van der Waals surface area contributed by atoms with Gasteiger partial charge in [0.1, 0.15) is 5.78 Å². The number of aliphatic imine (C=N–C) groups is 1. The van der Waals surface area contributed by atoms with Crippen LogP contribution in [0.4, 0.5) is 0 Å². The largest absolute Gasteiger partial charge is 0.370 e. The van der Waals surface area contributed by atoms with Crippen molar-refractivity contribution in [2.45, 2.75) is 70.2 Å². The van der Waals surface area contributed by atoms with Crippen LogP contribution in [0.1, 0.15) is 52.9 Å². The molecule has 0 saturated carbocycles. The van der Waals surface area contributed by atoms with Crippen molar-refractivity contribution >= 4 is 25.2 Å². The van der Waals surface area contributed by atoms with Crippen LogP contribution in [-0.4, -0.2) is 58.4 Å². The Hall–Kier alpha value is -1.52. The molecule has 1 amide bonds. The zero-order chi connectivity index (χ0) is 22.8. The van der Waals surface area contributed by atoms with Gasteiger partial charge in [0, 0.05) is 13.6 Å². The van der Waals surface area contributed by atoms with Gasteiger partial charge in [-0.05, 0) is 38.0 Å². The molecule has 0 aromatic heterocycles. The summed E-state index contributed by atoms with van der Waals surface area (Å²) in [5, 5.41) is 5.17. The first kappa shape index (κ1) is 27.5. The van der Waals surface area contributed by atoms with Crippen molar-refractivity contribution in [2.24, 2.45) is 28.1 Å². The molecule has 0 aliphatic heterocycles. The zero-order valence-corrected chi connectivity index (χ0v) is 18.6. The third kappa shape index (κ3) is 9.22. The van der Waals surface area contributed by atoms with E-state index < -0.39 is 36.6 Å². The second kappa shape index (κ2) is 12.2. The third-order valence-corrected chi connectivity index (χ3v) is 5.88. The summed E-state index contributed by atoms with van der Waals surface area (Å²) in [4.78, 5) is 48.7. The fourth-order valence-corrected chi connectivity index (χ4v) is 3.86. The maximum Gasteiger partial charge on any atom is 0.342 e. The number of nitrogens with one attached hydrogen (secondary N) is 2. The summed E-state index contributed by atoms with van der Waals surface area (Å²) < 4.78 is 11.7. The molecule has 0 spiro atoms. The molecule has 0 aliphatic rings. The number of ketones is 1. The van der Waals surface area contributed by atoms with Gasteiger partial charge in [0.05, 0.1) is 6.04 Å². The number of carbonyl (C=O) groups excluding carboxylic acids is 2. The monoisotopic (exact) mass is 436 g/mol. The number of Topliss-reactive ketones (excluding diaryl/α,β-unsaturated/α-hetero) is 1. The van der Waals surface area contributed by atoms with Crippen LogP contribution < -0.4 is 27.8 Å². The summed E-state index contributed by atoms with van der Waals surface area (Å²) in [5.41, 5.74) is 15.0. The molecule has 11 nitrogen and oxygen atoms in total. The van der Waals surface area contributed by atoms with Gasteiger partial charge in [0.15, 0.2) is 17.3 Å². The van der Waals surface area contributed by atoms with Crippen molar-refractivity contribution < 1.29 is 23.9 Å². The first-order valence-corrected chi connectivity index (χ1v) is 11.4. The van der Waals surface area contributed by atoms with Gasteiger partial charge in [0.25, 0.3) is 0 Å². The molecule has 0 fully saturated rings. The lowest BCUT2D eigenvalue weighted by Gasteiger charge is -2.33. The molecule has 29 heavy (non-hydrogen) atoms. The number of hydrogen-bond donors (Lipinski definition) is 7. The lowest BCUT2D eigenvalue weighted by Crippen LogP contribution is -2.64. The Bertz CT molecular complexity index is 619. The van der Waals surface area contributed by atoms with Crippen molar-refractivity contribution in [1.29, 1.82) is 0 Å². The van der Waals surface area contributed by atoms with Gasteiger partial charge in [-0.3, -0.25) is 24.5 Å². The lowest BCUT2D eigenvalue weighted by molar-refractivity contribution is -0.137. The smallest absolute Gasteiger partial charge is 0.342 e. The van der Waals surface area contributed by atoms with Crippen molar-refractivity contribution in [3.05, 3.63) is 0 Å². The average molecular weight is 436 g/mol. The minimum Gasteiger partial charge on any atom is -0.370 e. The molecule has 0 aromatic rings. The van der Waals surface area contributed by atoms with Crippen LogP contribution in [0.25, 0.3) is 0 Å². The van der Waals surface area contributed by atoms with E-state index >= 15 is 0 Å². The van der Waals surface area contributed by atoms with E-state index in [9.17, 15) is 23.9 Å². The second-order valence-electron chi connectivity index (χ2n) is 7.54. The third-order valence-electron chi connectivity index (χ3n) is 4.56. The highest BCUT2D eigenvalue weighted by Gasteiger charge is 2.45. The molecule has 10 N–H and O–H groups in total. The van der Waals surface area contributed by atoms with Crippen LogP contribution in [0.2, 0.25) is 0 Å². The van der Waals surface area contributed by atoms with Crippen LogP contribution in [-0.2, 0) is 14.2 Å². The van der Waals surface area contributed by atoms with Crippen LogP contribution in [0, 0.1) is 5.92 Å². The molecule has 170 valence electrons. The number of nitrogens with zero attached hydrogens (tertiary/aromatic N) is 1. The Morgan fingerprint density at radius 3 is 2.21 bits per heavy atom. The number of guanidine groups is 1. The van der Waals surface area contributed by atoms with E-state index in [1.165, 1.54) is 7.05 Å². The minimum absolute atomic E-state index is 0.0292. The highest BCUT2D eigenvalue weighted by atomic mass is 31.2. The van der Waals surface area contributed by atoms with Gasteiger partial charge in [-0.15, -0.1) is 0 Å². The predicted molar refractivity (Wildman–Crippen MR) is 113 cm³/mol. The highest BCUT2D eigenvalue weighted by Crippen LogP contribution is 2.41. The van der Waals surface area contributed by atoms with Gasteiger partial charge in [-0.1, -0.05) is 20.8 Å². The zero-order valence-electron chi connectivity index (χ0n) is 17.7. The van der Waals surface area contributed by atoms with Gasteiger partial charge < -0.3 is 32.3 Å². The molecule has 0 saturated heterocycles. The lowest BCUT2D eigenvalue weighted by atomic mass is 9.82. The number of nitrogens with two attached hydrogens (primary N) is 3. The fraction of sp³-hybridized carbons (Fsp3) is 0.824. The normalized spacial score (nSPS) is 16.0. The summed E-state index contributed by atoms with van der Waals surface area (Å²) >= 11 is 0.